The molecule has 1 aromatic rings. The van der Waals surface area contributed by atoms with Gasteiger partial charge in [-0.2, -0.15) is 0 Å². The topological polar surface area (TPSA) is 20.2 Å². The van der Waals surface area contributed by atoms with Crippen LogP contribution in [-0.4, -0.2) is 18.0 Å². The minimum absolute atomic E-state index is 0.114. The molecule has 0 spiro atoms. The first-order valence-corrected chi connectivity index (χ1v) is 7.60. The Morgan fingerprint density at radius 3 is 1.71 bits per heavy atom. The fraction of sp³-hybridized carbons (Fsp3) is 0.667. The molecular weight excluding hydrogens is 239 g/mol. The first-order valence-electron chi connectivity index (χ1n) is 4.99. The van der Waals surface area contributed by atoms with Crippen LogP contribution < -0.4 is 0 Å². The molecular formula is C12H21OSe+. The van der Waals surface area contributed by atoms with Crippen LogP contribution in [0.2, 0.25) is 0 Å². The monoisotopic (exact) mass is 261 g/mol. The van der Waals surface area contributed by atoms with Crippen LogP contribution in [0, 0.1) is 0 Å². The Morgan fingerprint density at radius 1 is 1.00 bits per heavy atom. The summed E-state index contributed by atoms with van der Waals surface area (Å²) in [6, 6.07) is 2.21. The molecule has 0 aliphatic carbocycles. The van der Waals surface area contributed by atoms with E-state index < -0.39 is 13.8 Å². The van der Waals surface area contributed by atoms with Crippen molar-refractivity contribution in [3.63, 3.8) is 0 Å². The fourth-order valence-corrected chi connectivity index (χ4v) is 4.83. The predicted octanol–water partition coefficient (Wildman–Crippen LogP) is 2.78. The number of hydrogen-bond acceptors (Lipinski definition) is 1. The third-order valence-corrected chi connectivity index (χ3v) is 5.83. The van der Waals surface area contributed by atoms with Gasteiger partial charge in [0.1, 0.15) is 0 Å². The third-order valence-electron chi connectivity index (χ3n) is 2.36. The molecule has 0 fully saturated rings. The van der Waals surface area contributed by atoms with Crippen LogP contribution in [0.25, 0.3) is 0 Å². The molecule has 0 saturated heterocycles. The van der Waals surface area contributed by atoms with Crippen molar-refractivity contribution >= 4 is 13.8 Å². The van der Waals surface area contributed by atoms with Crippen molar-refractivity contribution in [2.75, 3.05) is 0 Å². The second-order valence-corrected chi connectivity index (χ2v) is 8.63. The van der Waals surface area contributed by atoms with Crippen LogP contribution in [0.4, 0.5) is 0 Å². The maximum atomic E-state index is 10.0. The Labute approximate surface area is 91.6 Å². The molecule has 14 heavy (non-hydrogen) atoms. The zero-order chi connectivity index (χ0) is 11.1. The summed E-state index contributed by atoms with van der Waals surface area (Å²) in [4.78, 5) is 2.10. The number of hydrogen-bond donors (Lipinski definition) is 1. The van der Waals surface area contributed by atoms with Gasteiger partial charge in [-0.25, -0.2) is 0 Å². The molecule has 1 nitrogen and oxygen atoms in total. The van der Waals surface area contributed by atoms with E-state index in [1.807, 2.05) is 0 Å². The van der Waals surface area contributed by atoms with Gasteiger partial charge in [0.15, 0.2) is 0 Å². The van der Waals surface area contributed by atoms with Crippen molar-refractivity contribution in [2.24, 2.45) is 0 Å². The van der Waals surface area contributed by atoms with Gasteiger partial charge in [0, 0.05) is 0 Å². The van der Waals surface area contributed by atoms with Gasteiger partial charge in [-0.15, -0.1) is 0 Å². The first-order chi connectivity index (χ1) is 6.12. The second-order valence-electron chi connectivity index (χ2n) is 5.90. The average Bonchev–Trinajstić information content (AvgIpc) is 2.27. The molecule has 80 valence electrons. The minimum atomic E-state index is -1.61. The van der Waals surface area contributed by atoms with Crippen LogP contribution >= 0.6 is 0 Å². The predicted molar refractivity (Wildman–Crippen MR) is 63.0 cm³/mol. The molecule has 1 aromatic heterocycles. The Bertz CT molecular complexity index is 323. The maximum absolute atomic E-state index is 10.0. The molecule has 1 N–H and O–H groups in total. The van der Waals surface area contributed by atoms with Crippen LogP contribution in [0.3, 0.4) is 0 Å². The summed E-state index contributed by atoms with van der Waals surface area (Å²) in [5.74, 6) is 0. The number of rotatable bonds is 0. The zero-order valence-electron chi connectivity index (χ0n) is 10.0. The van der Waals surface area contributed by atoms with E-state index in [9.17, 15) is 4.19 Å². The third kappa shape index (κ3) is 2.50. The molecule has 1 unspecified atom stereocenters. The Balaban J connectivity index is 3.19. The van der Waals surface area contributed by atoms with E-state index in [0.717, 1.165) is 0 Å². The first kappa shape index (κ1) is 12.0. The van der Waals surface area contributed by atoms with E-state index in [1.165, 1.54) is 10.0 Å². The van der Waals surface area contributed by atoms with Gasteiger partial charge in [-0.05, 0) is 0 Å². The van der Waals surface area contributed by atoms with Crippen molar-refractivity contribution < 1.29 is 4.19 Å². The van der Waals surface area contributed by atoms with Gasteiger partial charge in [0.05, 0.1) is 0 Å². The van der Waals surface area contributed by atoms with Crippen LogP contribution in [0.15, 0.2) is 11.0 Å². The molecule has 1 heterocycles. The van der Waals surface area contributed by atoms with E-state index in [0.29, 0.717) is 0 Å². The van der Waals surface area contributed by atoms with Crippen molar-refractivity contribution in [1.29, 1.82) is 0 Å². The summed E-state index contributed by atoms with van der Waals surface area (Å²) < 4.78 is 11.3. The molecule has 0 amide bonds. The Morgan fingerprint density at radius 2 is 1.50 bits per heavy atom. The molecule has 0 bridgehead atoms. The molecule has 0 aromatic carbocycles. The van der Waals surface area contributed by atoms with Gasteiger partial charge >= 0.3 is 91.3 Å². The van der Waals surface area contributed by atoms with Gasteiger partial charge in [0.2, 0.25) is 0 Å². The van der Waals surface area contributed by atoms with E-state index in [-0.39, 0.29) is 10.8 Å². The summed E-state index contributed by atoms with van der Waals surface area (Å²) in [6.07, 6.45) is 0. The standard InChI is InChI=1S/C12H21OSe/c1-11(2,3)9-7-10(12(4,5)6)14(13)8-9/h7-8,13H,1-6H3/q+1. The quantitative estimate of drug-likeness (QED) is 0.711. The summed E-state index contributed by atoms with van der Waals surface area (Å²) in [5.41, 5.74) is 1.58. The van der Waals surface area contributed by atoms with Gasteiger partial charge in [-0.3, -0.25) is 0 Å². The summed E-state index contributed by atoms with van der Waals surface area (Å²) in [7, 11) is 0. The molecule has 2 heteroatoms. The van der Waals surface area contributed by atoms with Crippen molar-refractivity contribution in [1.82, 2.24) is 0 Å². The molecule has 0 aliphatic heterocycles. The van der Waals surface area contributed by atoms with Crippen LogP contribution in [0.1, 0.15) is 51.5 Å². The van der Waals surface area contributed by atoms with Crippen molar-refractivity contribution in [2.45, 2.75) is 52.4 Å². The van der Waals surface area contributed by atoms with E-state index in [1.54, 1.807) is 0 Å². The van der Waals surface area contributed by atoms with Gasteiger partial charge in [0.25, 0.3) is 0 Å². The average molecular weight is 260 g/mol. The van der Waals surface area contributed by atoms with E-state index >= 15 is 0 Å². The molecule has 0 saturated carbocycles. The van der Waals surface area contributed by atoms with Crippen LogP contribution in [-0.2, 0) is 10.8 Å². The van der Waals surface area contributed by atoms with Gasteiger partial charge in [-0.1, -0.05) is 0 Å². The summed E-state index contributed by atoms with van der Waals surface area (Å²) in [6.45, 7) is 13.1. The van der Waals surface area contributed by atoms with Crippen LogP contribution in [0.5, 0.6) is 0 Å². The molecule has 1 rings (SSSR count). The second kappa shape index (κ2) is 3.52. The zero-order valence-corrected chi connectivity index (χ0v) is 11.7. The van der Waals surface area contributed by atoms with Crippen molar-refractivity contribution in [3.05, 3.63) is 21.0 Å². The summed E-state index contributed by atoms with van der Waals surface area (Å²) >= 11 is -1.61. The Hall–Kier alpha value is -0.0405. The molecule has 0 aliphatic rings. The molecule has 0 radical (unpaired) electrons. The van der Waals surface area contributed by atoms with E-state index in [2.05, 4.69) is 52.5 Å². The summed E-state index contributed by atoms with van der Waals surface area (Å²) in [5, 5.41) is 0. The van der Waals surface area contributed by atoms with Gasteiger partial charge < -0.3 is 0 Å². The van der Waals surface area contributed by atoms with Crippen molar-refractivity contribution in [3.8, 4) is 0 Å². The fourth-order valence-electron chi connectivity index (χ4n) is 1.34. The SMILES string of the molecule is CC(C)(C)c1cc(C(C)(C)C)[se+](O)c1. The normalized spacial score (nSPS) is 14.6. The molecule has 1 atom stereocenters. The Kier molecular flexibility index (Phi) is 3.02. The van der Waals surface area contributed by atoms with E-state index in [4.69, 9.17) is 0 Å².